The van der Waals surface area contributed by atoms with Crippen molar-refractivity contribution in [2.75, 3.05) is 25.5 Å². The van der Waals surface area contributed by atoms with Crippen LogP contribution in [0.15, 0.2) is 54.6 Å². The molecule has 7 nitrogen and oxygen atoms in total. The number of ether oxygens (including phenoxy) is 2. The molecule has 0 saturated heterocycles. The van der Waals surface area contributed by atoms with E-state index in [2.05, 4.69) is 10.4 Å². The minimum Gasteiger partial charge on any atom is -0.486 e. The van der Waals surface area contributed by atoms with Crippen LogP contribution in [-0.2, 0) is 0 Å². The molecule has 1 unspecified atom stereocenters. The Morgan fingerprint density at radius 2 is 1.90 bits per heavy atom. The van der Waals surface area contributed by atoms with E-state index < -0.39 is 0 Å². The van der Waals surface area contributed by atoms with Gasteiger partial charge in [-0.2, -0.15) is 5.10 Å². The Balaban J connectivity index is 1.44. The van der Waals surface area contributed by atoms with Crippen LogP contribution in [0.1, 0.15) is 11.4 Å². The monoisotopic (exact) mass is 392 g/mol. The fourth-order valence-electron chi connectivity index (χ4n) is 3.39. The lowest BCUT2D eigenvalue weighted by atomic mass is 10.2. The minimum atomic E-state index is -0.230. The number of carbonyl (C=O) groups is 1. The number of nitrogens with zero attached hydrogens (tertiary/aromatic N) is 3. The summed E-state index contributed by atoms with van der Waals surface area (Å²) in [6.45, 7) is 4.74. The first-order valence-corrected chi connectivity index (χ1v) is 9.54. The van der Waals surface area contributed by atoms with Crippen molar-refractivity contribution >= 4 is 11.7 Å². The SMILES string of the molecule is Cc1cc(C)n(-c2ccccc2NC(=O)N(C)CC2COc3ccccc3O2)n1. The average Bonchev–Trinajstić information content (AvgIpc) is 3.06. The number of aryl methyl sites for hydroxylation is 2. The van der Waals surface area contributed by atoms with Gasteiger partial charge in [0, 0.05) is 12.7 Å². The third kappa shape index (κ3) is 4.03. The highest BCUT2D eigenvalue weighted by Gasteiger charge is 2.24. The van der Waals surface area contributed by atoms with Gasteiger partial charge in [0.25, 0.3) is 0 Å². The number of amides is 2. The molecule has 2 heterocycles. The number of hydrogen-bond donors (Lipinski definition) is 1. The molecule has 29 heavy (non-hydrogen) atoms. The maximum absolute atomic E-state index is 12.8. The fourth-order valence-corrected chi connectivity index (χ4v) is 3.39. The topological polar surface area (TPSA) is 68.6 Å². The lowest BCUT2D eigenvalue weighted by molar-refractivity contribution is 0.0731. The maximum atomic E-state index is 12.8. The van der Waals surface area contributed by atoms with Gasteiger partial charge >= 0.3 is 6.03 Å². The van der Waals surface area contributed by atoms with Crippen LogP contribution < -0.4 is 14.8 Å². The molecule has 1 N–H and O–H groups in total. The van der Waals surface area contributed by atoms with Crippen LogP contribution in [-0.4, -0.2) is 47.0 Å². The van der Waals surface area contributed by atoms with Crippen molar-refractivity contribution in [1.29, 1.82) is 0 Å². The molecular weight excluding hydrogens is 368 g/mol. The number of rotatable bonds is 4. The molecule has 0 radical (unpaired) electrons. The van der Waals surface area contributed by atoms with Gasteiger partial charge in [-0.1, -0.05) is 24.3 Å². The molecule has 7 heteroatoms. The van der Waals surface area contributed by atoms with Crippen LogP contribution in [0.25, 0.3) is 5.69 Å². The summed E-state index contributed by atoms with van der Waals surface area (Å²) in [6, 6.07) is 16.9. The molecule has 0 fully saturated rings. The molecule has 4 rings (SSSR count). The van der Waals surface area contributed by atoms with E-state index in [1.807, 2.05) is 73.1 Å². The summed E-state index contributed by atoms with van der Waals surface area (Å²) < 4.78 is 13.5. The molecule has 1 aromatic heterocycles. The van der Waals surface area contributed by atoms with E-state index in [4.69, 9.17) is 9.47 Å². The van der Waals surface area contributed by atoms with Crippen LogP contribution in [0, 0.1) is 13.8 Å². The van der Waals surface area contributed by atoms with Gasteiger partial charge < -0.3 is 19.7 Å². The predicted octanol–water partition coefficient (Wildman–Crippen LogP) is 3.79. The molecule has 1 atom stereocenters. The number of likely N-dealkylation sites (N-methyl/N-ethyl adjacent to an activating group) is 1. The Morgan fingerprint density at radius 1 is 1.17 bits per heavy atom. The first kappa shape index (κ1) is 18.9. The van der Waals surface area contributed by atoms with Crippen molar-refractivity contribution in [3.8, 4) is 17.2 Å². The van der Waals surface area contributed by atoms with Gasteiger partial charge in [0.2, 0.25) is 0 Å². The van der Waals surface area contributed by atoms with Crippen LogP contribution in [0.4, 0.5) is 10.5 Å². The zero-order chi connectivity index (χ0) is 20.4. The van der Waals surface area contributed by atoms with Crippen LogP contribution in [0.5, 0.6) is 11.5 Å². The number of benzene rings is 2. The van der Waals surface area contributed by atoms with Gasteiger partial charge in [-0.3, -0.25) is 0 Å². The second-order valence-corrected chi connectivity index (χ2v) is 7.16. The molecule has 0 aliphatic carbocycles. The number of hydrogen-bond acceptors (Lipinski definition) is 4. The molecule has 0 bridgehead atoms. The first-order chi connectivity index (χ1) is 14.0. The Kier molecular flexibility index (Phi) is 5.12. The molecule has 0 saturated carbocycles. The van der Waals surface area contributed by atoms with Crippen molar-refractivity contribution in [3.63, 3.8) is 0 Å². The third-order valence-corrected chi connectivity index (χ3v) is 4.78. The first-order valence-electron chi connectivity index (χ1n) is 9.54. The number of nitrogens with one attached hydrogen (secondary N) is 1. The summed E-state index contributed by atoms with van der Waals surface area (Å²) in [5.41, 5.74) is 3.45. The second-order valence-electron chi connectivity index (χ2n) is 7.16. The van der Waals surface area contributed by atoms with Gasteiger partial charge in [0.15, 0.2) is 17.6 Å². The highest BCUT2D eigenvalue weighted by atomic mass is 16.6. The average molecular weight is 392 g/mol. The van der Waals surface area contributed by atoms with Crippen molar-refractivity contribution in [3.05, 3.63) is 66.0 Å². The van der Waals surface area contributed by atoms with Crippen molar-refractivity contribution in [2.45, 2.75) is 20.0 Å². The van der Waals surface area contributed by atoms with Gasteiger partial charge in [0.1, 0.15) is 6.61 Å². The summed E-state index contributed by atoms with van der Waals surface area (Å²) in [5.74, 6) is 1.43. The molecule has 0 spiro atoms. The van der Waals surface area contributed by atoms with Gasteiger partial charge in [-0.05, 0) is 44.2 Å². The number of anilines is 1. The Labute approximate surface area is 169 Å². The van der Waals surface area contributed by atoms with Gasteiger partial charge in [-0.25, -0.2) is 9.48 Å². The van der Waals surface area contributed by atoms with Gasteiger partial charge in [-0.15, -0.1) is 0 Å². The highest BCUT2D eigenvalue weighted by Crippen LogP contribution is 2.31. The maximum Gasteiger partial charge on any atom is 0.321 e. The molecule has 1 aliphatic rings. The standard InChI is InChI=1S/C22H24N4O3/c1-15-12-16(2)26(24-15)19-9-5-4-8-18(19)23-22(27)25(3)13-17-14-28-20-10-6-7-11-21(20)29-17/h4-12,17H,13-14H2,1-3H3,(H,23,27). The highest BCUT2D eigenvalue weighted by molar-refractivity contribution is 5.91. The van der Waals surface area contributed by atoms with Crippen molar-refractivity contribution in [2.24, 2.45) is 0 Å². The summed E-state index contributed by atoms with van der Waals surface area (Å²) in [5, 5.41) is 7.51. The molecule has 1 aliphatic heterocycles. The predicted molar refractivity (Wildman–Crippen MR) is 111 cm³/mol. The number of aromatic nitrogens is 2. The zero-order valence-electron chi connectivity index (χ0n) is 16.8. The Morgan fingerprint density at radius 3 is 2.66 bits per heavy atom. The number of para-hydroxylation sites is 4. The lowest BCUT2D eigenvalue weighted by Crippen LogP contribution is -2.43. The molecule has 2 aromatic carbocycles. The second kappa shape index (κ2) is 7.87. The number of carbonyl (C=O) groups excluding carboxylic acids is 1. The van der Waals surface area contributed by atoms with Crippen LogP contribution in [0.3, 0.4) is 0 Å². The largest absolute Gasteiger partial charge is 0.486 e. The van der Waals surface area contributed by atoms with E-state index in [0.29, 0.717) is 24.6 Å². The van der Waals surface area contributed by atoms with E-state index in [-0.39, 0.29) is 12.1 Å². The zero-order valence-corrected chi connectivity index (χ0v) is 16.8. The summed E-state index contributed by atoms with van der Waals surface area (Å²) >= 11 is 0. The van der Waals surface area contributed by atoms with E-state index in [1.54, 1.807) is 11.9 Å². The molecular formula is C22H24N4O3. The van der Waals surface area contributed by atoms with E-state index in [9.17, 15) is 4.79 Å². The van der Waals surface area contributed by atoms with Crippen molar-refractivity contribution in [1.82, 2.24) is 14.7 Å². The molecule has 150 valence electrons. The fraction of sp³-hybridized carbons (Fsp3) is 0.273. The Bertz CT molecular complexity index is 1030. The van der Waals surface area contributed by atoms with E-state index in [1.165, 1.54) is 0 Å². The number of urea groups is 1. The van der Waals surface area contributed by atoms with Gasteiger partial charge in [0.05, 0.1) is 23.6 Å². The third-order valence-electron chi connectivity index (χ3n) is 4.78. The molecule has 3 aromatic rings. The minimum absolute atomic E-state index is 0.221. The summed E-state index contributed by atoms with van der Waals surface area (Å²) in [7, 11) is 1.74. The quantitative estimate of drug-likeness (QED) is 0.733. The Hall–Kier alpha value is -3.48. The van der Waals surface area contributed by atoms with Crippen molar-refractivity contribution < 1.29 is 14.3 Å². The summed E-state index contributed by atoms with van der Waals surface area (Å²) in [4.78, 5) is 14.4. The van der Waals surface area contributed by atoms with Crippen LogP contribution >= 0.6 is 0 Å². The van der Waals surface area contributed by atoms with Crippen LogP contribution in [0.2, 0.25) is 0 Å². The molecule has 2 amide bonds. The summed E-state index contributed by atoms with van der Waals surface area (Å²) in [6.07, 6.45) is -0.230. The number of fused-ring (bicyclic) bond motifs is 1. The lowest BCUT2D eigenvalue weighted by Gasteiger charge is -2.29. The van der Waals surface area contributed by atoms with E-state index in [0.717, 1.165) is 22.8 Å². The smallest absolute Gasteiger partial charge is 0.321 e. The van der Waals surface area contributed by atoms with E-state index >= 15 is 0 Å². The normalized spacial score (nSPS) is 15.1.